The molecule has 0 aliphatic heterocycles. The predicted octanol–water partition coefficient (Wildman–Crippen LogP) is 5.68. The summed E-state index contributed by atoms with van der Waals surface area (Å²) in [4.78, 5) is 0. The van der Waals surface area contributed by atoms with Crippen LogP contribution in [0.25, 0.3) is 11.1 Å². The molecule has 0 spiro atoms. The van der Waals surface area contributed by atoms with Crippen molar-refractivity contribution in [2.75, 3.05) is 28.4 Å². The Hall–Kier alpha value is -1.26. The molecule has 2 atom stereocenters. The van der Waals surface area contributed by atoms with Gasteiger partial charge in [-0.3, -0.25) is 9.13 Å². The van der Waals surface area contributed by atoms with Crippen molar-refractivity contribution in [3.63, 3.8) is 0 Å². The summed E-state index contributed by atoms with van der Waals surface area (Å²) in [6, 6.07) is 16.0. The second kappa shape index (κ2) is 8.62. The van der Waals surface area contributed by atoms with Crippen LogP contribution in [0.4, 0.5) is 0 Å². The maximum atomic E-state index is 13.3. The highest BCUT2D eigenvalue weighted by Gasteiger charge is 2.47. The topological polar surface area (TPSA) is 71.1 Å². The van der Waals surface area contributed by atoms with Crippen LogP contribution in [0.1, 0.15) is 23.2 Å². The molecule has 3 rings (SSSR count). The van der Waals surface area contributed by atoms with Crippen LogP contribution < -0.4 is 0 Å². The summed E-state index contributed by atoms with van der Waals surface area (Å²) in [6.07, 6.45) is 0.830. The molecule has 6 nitrogen and oxygen atoms in total. The maximum Gasteiger partial charge on any atom is 0.337 e. The first-order chi connectivity index (χ1) is 13.4. The van der Waals surface area contributed by atoms with Gasteiger partial charge in [0.15, 0.2) is 0 Å². The van der Waals surface area contributed by atoms with Crippen molar-refractivity contribution in [2.24, 2.45) is 0 Å². The van der Waals surface area contributed by atoms with Crippen LogP contribution in [-0.4, -0.2) is 34.1 Å². The van der Waals surface area contributed by atoms with Crippen molar-refractivity contribution in [3.05, 3.63) is 59.7 Å². The number of rotatable bonds is 7. The first-order valence-corrected chi connectivity index (χ1v) is 12.2. The first kappa shape index (κ1) is 21.4. The Labute approximate surface area is 166 Å². The molecule has 1 aliphatic rings. The third kappa shape index (κ3) is 3.91. The third-order valence-corrected chi connectivity index (χ3v) is 9.99. The van der Waals surface area contributed by atoms with Crippen molar-refractivity contribution < 1.29 is 27.2 Å². The lowest BCUT2D eigenvalue weighted by Crippen LogP contribution is -2.25. The van der Waals surface area contributed by atoms with Gasteiger partial charge in [0, 0.05) is 28.4 Å². The van der Waals surface area contributed by atoms with Crippen LogP contribution in [0, 0.1) is 0 Å². The molecule has 0 heterocycles. The van der Waals surface area contributed by atoms with Gasteiger partial charge in [-0.2, -0.15) is 0 Å². The first-order valence-electron chi connectivity index (χ1n) is 9.01. The highest BCUT2D eigenvalue weighted by molar-refractivity contribution is 7.55. The van der Waals surface area contributed by atoms with Gasteiger partial charge in [0.05, 0.1) is 11.3 Å². The van der Waals surface area contributed by atoms with Crippen molar-refractivity contribution in [1.29, 1.82) is 0 Å². The van der Waals surface area contributed by atoms with E-state index in [1.54, 1.807) is 0 Å². The normalized spacial score (nSPS) is 20.0. The standard InChI is InChI=1S/C20H26O6P2/c1-23-27(21,24-2)18-12-17-11-10-16(15-8-6-5-7-9-15)13-19(17)20(14-18)28(22,25-3)26-4/h5-11,13,18,20H,12,14H2,1-4H3. The monoisotopic (exact) mass is 424 g/mol. The van der Waals surface area contributed by atoms with E-state index in [0.717, 1.165) is 22.3 Å². The van der Waals surface area contributed by atoms with Crippen molar-refractivity contribution in [1.82, 2.24) is 0 Å². The molecule has 0 bridgehead atoms. The van der Waals surface area contributed by atoms with Crippen molar-refractivity contribution in [3.8, 4) is 11.1 Å². The molecule has 2 aromatic rings. The fraction of sp³-hybridized carbons (Fsp3) is 0.400. The fourth-order valence-electron chi connectivity index (χ4n) is 3.87. The molecule has 0 radical (unpaired) electrons. The molecule has 0 aromatic heterocycles. The number of fused-ring (bicyclic) bond motifs is 1. The summed E-state index contributed by atoms with van der Waals surface area (Å²) in [7, 11) is -1.30. The lowest BCUT2D eigenvalue weighted by atomic mass is 9.88. The Balaban J connectivity index is 2.12. The van der Waals surface area contributed by atoms with Crippen molar-refractivity contribution >= 4 is 15.2 Å². The zero-order valence-corrected chi connectivity index (χ0v) is 18.3. The number of benzene rings is 2. The van der Waals surface area contributed by atoms with Gasteiger partial charge in [-0.25, -0.2) is 0 Å². The van der Waals surface area contributed by atoms with Gasteiger partial charge in [0.2, 0.25) is 0 Å². The van der Waals surface area contributed by atoms with E-state index >= 15 is 0 Å². The van der Waals surface area contributed by atoms with E-state index in [1.165, 1.54) is 28.4 Å². The quantitative estimate of drug-likeness (QED) is 0.533. The van der Waals surface area contributed by atoms with E-state index in [4.69, 9.17) is 18.1 Å². The number of hydrogen-bond acceptors (Lipinski definition) is 6. The highest BCUT2D eigenvalue weighted by atomic mass is 31.2. The minimum atomic E-state index is -3.46. The van der Waals surface area contributed by atoms with Crippen LogP contribution in [-0.2, 0) is 33.6 Å². The molecule has 8 heteroatoms. The second-order valence-electron chi connectivity index (χ2n) is 6.70. The average Bonchev–Trinajstić information content (AvgIpc) is 2.77. The minimum Gasteiger partial charge on any atom is -0.312 e. The van der Waals surface area contributed by atoms with Gasteiger partial charge in [-0.15, -0.1) is 0 Å². The maximum absolute atomic E-state index is 13.3. The van der Waals surface area contributed by atoms with Gasteiger partial charge in [0.25, 0.3) is 0 Å². The van der Waals surface area contributed by atoms with E-state index in [2.05, 4.69) is 0 Å². The molecular formula is C20H26O6P2. The molecule has 0 saturated heterocycles. The van der Waals surface area contributed by atoms with Gasteiger partial charge < -0.3 is 18.1 Å². The van der Waals surface area contributed by atoms with Crippen LogP contribution in [0.5, 0.6) is 0 Å². The molecular weight excluding hydrogens is 398 g/mol. The average molecular weight is 424 g/mol. The van der Waals surface area contributed by atoms with Crippen molar-refractivity contribution in [2.45, 2.75) is 24.2 Å². The molecule has 2 aromatic carbocycles. The Morgan fingerprint density at radius 2 is 1.39 bits per heavy atom. The summed E-state index contributed by atoms with van der Waals surface area (Å²) < 4.78 is 47.5. The molecule has 28 heavy (non-hydrogen) atoms. The Bertz CT molecular complexity index is 898. The Morgan fingerprint density at radius 3 is 1.96 bits per heavy atom. The van der Waals surface area contributed by atoms with E-state index < -0.39 is 26.5 Å². The molecule has 0 fully saturated rings. The van der Waals surface area contributed by atoms with Crippen LogP contribution >= 0.6 is 15.2 Å². The molecule has 152 valence electrons. The van der Waals surface area contributed by atoms with Gasteiger partial charge in [-0.05, 0) is 41.2 Å². The second-order valence-corrected chi connectivity index (χ2v) is 11.7. The summed E-state index contributed by atoms with van der Waals surface area (Å²) in [5.41, 5.74) is 2.94. The van der Waals surface area contributed by atoms with Crippen LogP contribution in [0.3, 0.4) is 0 Å². The highest BCUT2D eigenvalue weighted by Crippen LogP contribution is 2.68. The van der Waals surface area contributed by atoms with Crippen LogP contribution in [0.15, 0.2) is 48.5 Å². The minimum absolute atomic E-state index is 0.323. The molecule has 0 saturated carbocycles. The molecule has 1 aliphatic carbocycles. The van der Waals surface area contributed by atoms with Crippen LogP contribution in [0.2, 0.25) is 0 Å². The van der Waals surface area contributed by atoms with E-state index in [9.17, 15) is 9.13 Å². The predicted molar refractivity (Wildman–Crippen MR) is 110 cm³/mol. The third-order valence-electron chi connectivity index (χ3n) is 5.41. The lowest BCUT2D eigenvalue weighted by Gasteiger charge is -2.36. The largest absolute Gasteiger partial charge is 0.337 e. The van der Waals surface area contributed by atoms with E-state index in [0.29, 0.717) is 12.8 Å². The summed E-state index contributed by atoms with van der Waals surface area (Å²) in [5, 5.41) is 0. The van der Waals surface area contributed by atoms with Gasteiger partial charge in [0.1, 0.15) is 0 Å². The van der Waals surface area contributed by atoms with Gasteiger partial charge >= 0.3 is 15.2 Å². The zero-order chi connectivity index (χ0) is 20.4. The fourth-order valence-corrected chi connectivity index (χ4v) is 7.42. The summed E-state index contributed by atoms with van der Waals surface area (Å²) in [5.74, 6) is 0. The van der Waals surface area contributed by atoms with E-state index in [1.807, 2.05) is 48.5 Å². The van der Waals surface area contributed by atoms with E-state index in [-0.39, 0.29) is 0 Å². The summed E-state index contributed by atoms with van der Waals surface area (Å²) in [6.45, 7) is 0. The molecule has 0 amide bonds. The summed E-state index contributed by atoms with van der Waals surface area (Å²) >= 11 is 0. The zero-order valence-electron chi connectivity index (χ0n) is 16.5. The molecule has 0 N–H and O–H groups in total. The smallest absolute Gasteiger partial charge is 0.312 e. The SMILES string of the molecule is COP(=O)(OC)C1Cc2ccc(-c3ccccc3)cc2C(P(=O)(OC)OC)C1. The molecule has 2 unspecified atom stereocenters. The lowest BCUT2D eigenvalue weighted by molar-refractivity contribution is 0.249. The van der Waals surface area contributed by atoms with Gasteiger partial charge in [-0.1, -0.05) is 42.5 Å². The Morgan fingerprint density at radius 1 is 0.786 bits per heavy atom. The number of hydrogen-bond donors (Lipinski definition) is 0. The Kier molecular flexibility index (Phi) is 6.61.